The number of carbonyl (C=O) groups is 2. The van der Waals surface area contributed by atoms with Gasteiger partial charge in [0, 0.05) is 26.2 Å². The van der Waals surface area contributed by atoms with Crippen LogP contribution in [0.4, 0.5) is 9.59 Å². The second-order valence-corrected chi connectivity index (χ2v) is 6.31. The monoisotopic (exact) mass is 664 g/mol. The van der Waals surface area contributed by atoms with Gasteiger partial charge in [-0.05, 0) is 23.9 Å². The summed E-state index contributed by atoms with van der Waals surface area (Å²) >= 11 is 11.0. The van der Waals surface area contributed by atoms with E-state index in [9.17, 15) is 9.59 Å². The van der Waals surface area contributed by atoms with E-state index in [-0.39, 0.29) is 59.1 Å². The van der Waals surface area contributed by atoms with Crippen LogP contribution in [-0.2, 0) is 25.3 Å². The van der Waals surface area contributed by atoms with Crippen LogP contribution in [0.15, 0.2) is 0 Å². The molecule has 0 saturated heterocycles. The molecule has 0 aromatic heterocycles. The molecule has 0 N–H and O–H groups in total. The van der Waals surface area contributed by atoms with Gasteiger partial charge in [-0.2, -0.15) is 0 Å². The second kappa shape index (κ2) is 21.0. The van der Waals surface area contributed by atoms with E-state index in [2.05, 4.69) is 25.3 Å². The Labute approximate surface area is 178 Å². The summed E-state index contributed by atoms with van der Waals surface area (Å²) in [5.41, 5.74) is 0. The minimum Gasteiger partial charge on any atom is -1.00 e. The molecule has 2 radical (unpaired) electrons. The first-order valence-corrected chi connectivity index (χ1v) is 8.05. The zero-order valence-corrected chi connectivity index (χ0v) is 20.9. The number of carbonyl (C=O) groups excluding carboxylic acids is 2. The molecule has 20 heavy (non-hydrogen) atoms. The van der Waals surface area contributed by atoms with Crippen LogP contribution < -0.4 is 24.0 Å². The molecule has 4 nitrogen and oxygen atoms in total. The first kappa shape index (κ1) is 30.0. The average Bonchev–Trinajstić information content (AvgIpc) is 2.33. The third-order valence-electron chi connectivity index (χ3n) is 1.82. The fourth-order valence-corrected chi connectivity index (χ4v) is 2.49. The molecule has 0 saturated carbocycles. The molecule has 0 rings (SSSR count). The van der Waals surface area contributed by atoms with Gasteiger partial charge in [0.25, 0.3) is 0 Å². The molecule has 118 valence electrons. The van der Waals surface area contributed by atoms with E-state index in [1.54, 1.807) is 0 Å². The van der Waals surface area contributed by atoms with E-state index in [1.807, 2.05) is 36.3 Å². The summed E-state index contributed by atoms with van der Waals surface area (Å²) in [7, 11) is 0. The number of halogens is 1. The van der Waals surface area contributed by atoms with Gasteiger partial charge < -0.3 is 58.8 Å². The fourth-order valence-electron chi connectivity index (χ4n) is 0.916. The standard InChI is InChI=1S/2C5H11NOS2.Bi.HI/c2*1-3-6(4-2)9-5(7)8;;/h2*3-4H2,1-2H3,(H,7,8);;1H/q;;+3;/p-3. The van der Waals surface area contributed by atoms with E-state index in [4.69, 9.17) is 0 Å². The van der Waals surface area contributed by atoms with Crippen molar-refractivity contribution < 1.29 is 33.6 Å². The van der Waals surface area contributed by atoms with Crippen molar-refractivity contribution >= 4 is 84.3 Å². The van der Waals surface area contributed by atoms with Gasteiger partial charge in [-0.15, -0.1) is 0 Å². The molecule has 0 aromatic carbocycles. The Bertz CT molecular complexity index is 221. The number of rotatable bonds is 6. The summed E-state index contributed by atoms with van der Waals surface area (Å²) in [6, 6.07) is 0. The topological polar surface area (TPSA) is 40.6 Å². The van der Waals surface area contributed by atoms with Crippen molar-refractivity contribution in [2.24, 2.45) is 0 Å². The van der Waals surface area contributed by atoms with Gasteiger partial charge in [-0.1, -0.05) is 27.7 Å². The molecule has 0 fully saturated rings. The van der Waals surface area contributed by atoms with Gasteiger partial charge in [0.2, 0.25) is 0 Å². The molecule has 10 heteroatoms. The predicted octanol–water partition coefficient (Wildman–Crippen LogP) is -0.0902. The van der Waals surface area contributed by atoms with Crippen molar-refractivity contribution in [3.8, 4) is 0 Å². The Morgan fingerprint density at radius 1 is 0.800 bits per heavy atom. The number of hydrogen-bond donors (Lipinski definition) is 0. The maximum absolute atomic E-state index is 10.3. The summed E-state index contributed by atoms with van der Waals surface area (Å²) < 4.78 is 3.32. The van der Waals surface area contributed by atoms with Crippen molar-refractivity contribution in [1.82, 2.24) is 8.61 Å². The Hall–Kier alpha value is 2.01. The van der Waals surface area contributed by atoms with E-state index in [0.717, 1.165) is 50.1 Å². The molecule has 0 heterocycles. The summed E-state index contributed by atoms with van der Waals surface area (Å²) in [4.78, 5) is 20.6. The third-order valence-corrected chi connectivity index (χ3v) is 4.11. The Balaban J connectivity index is -0.000000116. The average molecular weight is 664 g/mol. The quantitative estimate of drug-likeness (QED) is 0.169. The molecule has 0 aliphatic carbocycles. The molecule has 0 amide bonds. The normalized spacial score (nSPS) is 9.10. The van der Waals surface area contributed by atoms with E-state index >= 15 is 0 Å². The van der Waals surface area contributed by atoms with Crippen LogP contribution in [-0.4, -0.2) is 69.9 Å². The molecule has 0 spiro atoms. The van der Waals surface area contributed by atoms with Gasteiger partial charge in [0.1, 0.15) is 0 Å². The van der Waals surface area contributed by atoms with Gasteiger partial charge in [0.05, 0.1) is 8.89 Å². The second-order valence-electron chi connectivity index (χ2n) is 2.91. The van der Waals surface area contributed by atoms with Crippen LogP contribution in [0.5, 0.6) is 0 Å². The minimum atomic E-state index is -0.251. The Morgan fingerprint density at radius 2 is 1.00 bits per heavy atom. The van der Waals surface area contributed by atoms with Crippen LogP contribution in [0.2, 0.25) is 0 Å². The zero-order chi connectivity index (χ0) is 14.6. The Kier molecular flexibility index (Phi) is 31.5. The maximum Gasteiger partial charge on any atom is 3.00 e. The summed E-state index contributed by atoms with van der Waals surface area (Å²) in [5, 5.41) is 0. The predicted molar refractivity (Wildman–Crippen MR) is 92.3 cm³/mol. The van der Waals surface area contributed by atoms with Gasteiger partial charge in [0.15, 0.2) is 0 Å². The minimum absolute atomic E-state index is 0. The van der Waals surface area contributed by atoms with Crippen LogP contribution in [0.1, 0.15) is 27.7 Å². The molecule has 0 unspecified atom stereocenters. The van der Waals surface area contributed by atoms with Crippen molar-refractivity contribution in [2.45, 2.75) is 27.7 Å². The van der Waals surface area contributed by atoms with E-state index in [1.165, 1.54) is 0 Å². The van der Waals surface area contributed by atoms with E-state index in [0.29, 0.717) is 0 Å². The summed E-state index contributed by atoms with van der Waals surface area (Å²) in [6.45, 7) is 11.4. The van der Waals surface area contributed by atoms with Crippen molar-refractivity contribution in [2.75, 3.05) is 26.2 Å². The SMILES string of the molecule is CCN(CC)SC(=O)[S-].CCN(CC)SC(=O)[S-].[Bi+3].[I-]. The first-order chi connectivity index (χ1) is 8.40. The molecule has 0 aliphatic rings. The van der Waals surface area contributed by atoms with Gasteiger partial charge in [-0.25, -0.2) is 8.61 Å². The van der Waals surface area contributed by atoms with Crippen molar-refractivity contribution in [3.63, 3.8) is 0 Å². The van der Waals surface area contributed by atoms with Crippen LogP contribution in [0.25, 0.3) is 0 Å². The molecular formula is C10H20BiIN2O2S4. The van der Waals surface area contributed by atoms with Gasteiger partial charge in [-0.3, -0.25) is 0 Å². The van der Waals surface area contributed by atoms with Crippen molar-refractivity contribution in [3.05, 3.63) is 0 Å². The molecule has 0 aromatic rings. The fraction of sp³-hybridized carbons (Fsp3) is 0.800. The number of hydrogen-bond acceptors (Lipinski definition) is 8. The molecular weight excluding hydrogens is 644 g/mol. The van der Waals surface area contributed by atoms with Crippen LogP contribution in [0, 0.1) is 0 Å². The largest absolute Gasteiger partial charge is 3.00 e. The third kappa shape index (κ3) is 22.3. The molecule has 0 aliphatic heterocycles. The zero-order valence-electron chi connectivity index (χ0n) is 12.0. The summed E-state index contributed by atoms with van der Waals surface area (Å²) in [5.74, 6) is 0. The Morgan fingerprint density at radius 3 is 1.05 bits per heavy atom. The molecule has 0 atom stereocenters. The smallest absolute Gasteiger partial charge is 1.00 e. The number of nitrogens with zero attached hydrogens (tertiary/aromatic N) is 2. The van der Waals surface area contributed by atoms with Crippen LogP contribution in [0.3, 0.4) is 0 Å². The maximum atomic E-state index is 10.3. The van der Waals surface area contributed by atoms with E-state index < -0.39 is 0 Å². The summed E-state index contributed by atoms with van der Waals surface area (Å²) in [6.07, 6.45) is 0. The van der Waals surface area contributed by atoms with Crippen molar-refractivity contribution in [1.29, 1.82) is 0 Å². The van der Waals surface area contributed by atoms with Gasteiger partial charge >= 0.3 is 26.2 Å². The van der Waals surface area contributed by atoms with Crippen LogP contribution >= 0.6 is 23.9 Å². The molecule has 0 bridgehead atoms. The first-order valence-electron chi connectivity index (χ1n) is 5.68.